The maximum atomic E-state index is 14.5. The highest BCUT2D eigenvalue weighted by Crippen LogP contribution is 2.42. The van der Waals surface area contributed by atoms with Gasteiger partial charge in [0, 0.05) is 10.3 Å². The van der Waals surface area contributed by atoms with E-state index in [0.29, 0.717) is 13.1 Å². The van der Waals surface area contributed by atoms with E-state index in [9.17, 15) is 8.78 Å². The number of quaternary nitrogens is 2. The minimum atomic E-state index is -0.585. The van der Waals surface area contributed by atoms with Crippen LogP contribution in [-0.4, -0.2) is 26.3 Å². The van der Waals surface area contributed by atoms with E-state index in [-0.39, 0.29) is 34.8 Å². The Morgan fingerprint density at radius 2 is 1.60 bits per heavy atom. The molecule has 20 heavy (non-hydrogen) atoms. The monoisotopic (exact) mass is 304 g/mol. The molecule has 0 spiro atoms. The van der Waals surface area contributed by atoms with Gasteiger partial charge in [0.25, 0.3) is 0 Å². The van der Waals surface area contributed by atoms with Gasteiger partial charge in [-0.1, -0.05) is 0 Å². The summed E-state index contributed by atoms with van der Waals surface area (Å²) in [5, 5.41) is 0.228. The minimum absolute atomic E-state index is 0.172. The van der Waals surface area contributed by atoms with Crippen molar-refractivity contribution in [2.24, 2.45) is 0 Å². The van der Waals surface area contributed by atoms with E-state index in [2.05, 4.69) is 11.5 Å². The number of benzene rings is 1. The van der Waals surface area contributed by atoms with Gasteiger partial charge >= 0.3 is 0 Å². The molecule has 4 nitrogen and oxygen atoms in total. The van der Waals surface area contributed by atoms with Gasteiger partial charge in [-0.25, -0.2) is 8.78 Å². The van der Waals surface area contributed by atoms with Crippen molar-refractivity contribution in [3.05, 3.63) is 22.6 Å². The van der Waals surface area contributed by atoms with Gasteiger partial charge in [0.1, 0.15) is 26.3 Å². The third kappa shape index (κ3) is 2.70. The number of ether oxygens (including phenoxy) is 2. The van der Waals surface area contributed by atoms with E-state index in [1.165, 1.54) is 11.3 Å². The maximum absolute atomic E-state index is 14.5. The lowest BCUT2D eigenvalue weighted by molar-refractivity contribution is -0.372. The molecule has 0 radical (unpaired) electrons. The van der Waals surface area contributed by atoms with Crippen LogP contribution in [0.4, 0.5) is 8.78 Å². The van der Waals surface area contributed by atoms with Gasteiger partial charge in [0.2, 0.25) is 11.5 Å². The van der Waals surface area contributed by atoms with Crippen LogP contribution >= 0.6 is 11.3 Å². The molecule has 110 valence electrons. The van der Waals surface area contributed by atoms with Gasteiger partial charge in [-0.05, 0) is 13.0 Å². The number of hydrogen-bond acceptors (Lipinski definition) is 3. The van der Waals surface area contributed by atoms with Crippen molar-refractivity contribution in [3.8, 4) is 11.5 Å². The van der Waals surface area contributed by atoms with Crippen LogP contribution in [0.2, 0.25) is 0 Å². The standard InChI is InChI=1S/C13H16F2N2O2S/c1-7-6-8-9(14)11(18-4-2-16)12(19-5-3-17)10(15)13(8)20-7/h6H,2-5,16-17H2,1H3/p+2. The van der Waals surface area contributed by atoms with Crippen molar-refractivity contribution < 1.29 is 29.7 Å². The molecule has 1 heterocycles. The van der Waals surface area contributed by atoms with Gasteiger partial charge in [-0.2, -0.15) is 0 Å². The summed E-state index contributed by atoms with van der Waals surface area (Å²) in [6.45, 7) is 3.11. The summed E-state index contributed by atoms with van der Waals surface area (Å²) >= 11 is 1.19. The highest BCUT2D eigenvalue weighted by atomic mass is 32.1. The van der Waals surface area contributed by atoms with Gasteiger partial charge in [-0.3, -0.25) is 0 Å². The summed E-state index contributed by atoms with van der Waals surface area (Å²) in [4.78, 5) is 0.829. The summed E-state index contributed by atoms with van der Waals surface area (Å²) in [5.41, 5.74) is 7.24. The molecule has 7 heteroatoms. The molecule has 2 aromatic rings. The van der Waals surface area contributed by atoms with E-state index in [1.54, 1.807) is 13.0 Å². The number of halogens is 2. The second-order valence-electron chi connectivity index (χ2n) is 4.29. The normalized spacial score (nSPS) is 11.1. The molecule has 0 aliphatic heterocycles. The van der Waals surface area contributed by atoms with Crippen molar-refractivity contribution >= 4 is 21.4 Å². The fourth-order valence-electron chi connectivity index (χ4n) is 1.87. The Balaban J connectivity index is 2.60. The lowest BCUT2D eigenvalue weighted by atomic mass is 10.2. The average molecular weight is 304 g/mol. The molecular weight excluding hydrogens is 286 g/mol. The molecule has 0 bridgehead atoms. The Bertz CT molecular complexity index is 565. The Hall–Kier alpha value is -1.44. The van der Waals surface area contributed by atoms with Gasteiger partial charge < -0.3 is 20.9 Å². The Morgan fingerprint density at radius 3 is 2.15 bits per heavy atom. The molecule has 0 fully saturated rings. The second kappa shape index (κ2) is 6.34. The van der Waals surface area contributed by atoms with Crippen molar-refractivity contribution in [1.29, 1.82) is 0 Å². The van der Waals surface area contributed by atoms with Crippen LogP contribution in [0.3, 0.4) is 0 Å². The molecule has 0 unspecified atom stereocenters. The zero-order chi connectivity index (χ0) is 14.7. The van der Waals surface area contributed by atoms with Crippen molar-refractivity contribution in [2.75, 3.05) is 26.3 Å². The molecule has 6 N–H and O–H groups in total. The zero-order valence-electron chi connectivity index (χ0n) is 11.3. The molecule has 0 aliphatic rings. The highest BCUT2D eigenvalue weighted by molar-refractivity contribution is 7.19. The van der Waals surface area contributed by atoms with Gasteiger partial charge in [0.05, 0.1) is 4.70 Å². The Morgan fingerprint density at radius 1 is 1.05 bits per heavy atom. The summed E-state index contributed by atoms with van der Waals surface area (Å²) in [6, 6.07) is 1.61. The molecular formula is C13H18F2N2O2S+2. The zero-order valence-corrected chi connectivity index (χ0v) is 12.1. The molecule has 0 aliphatic carbocycles. The van der Waals surface area contributed by atoms with Crippen molar-refractivity contribution in [1.82, 2.24) is 0 Å². The number of fused-ring (bicyclic) bond motifs is 1. The van der Waals surface area contributed by atoms with Crippen LogP contribution in [0.15, 0.2) is 6.07 Å². The third-order valence-corrected chi connectivity index (χ3v) is 3.72. The maximum Gasteiger partial charge on any atom is 0.201 e. The van der Waals surface area contributed by atoms with Gasteiger partial charge in [-0.15, -0.1) is 11.3 Å². The van der Waals surface area contributed by atoms with Crippen LogP contribution in [0.25, 0.3) is 10.1 Å². The first-order valence-corrected chi connectivity index (χ1v) is 7.17. The van der Waals surface area contributed by atoms with Crippen LogP contribution in [-0.2, 0) is 0 Å². The fraction of sp³-hybridized carbons (Fsp3) is 0.385. The minimum Gasteiger partial charge on any atom is -0.481 e. The van der Waals surface area contributed by atoms with E-state index in [4.69, 9.17) is 9.47 Å². The smallest absolute Gasteiger partial charge is 0.201 e. The average Bonchev–Trinajstić information content (AvgIpc) is 2.82. The van der Waals surface area contributed by atoms with Crippen LogP contribution in [0, 0.1) is 18.6 Å². The molecule has 1 aromatic heterocycles. The lowest BCUT2D eigenvalue weighted by Crippen LogP contribution is -2.53. The molecule has 0 saturated carbocycles. The third-order valence-electron chi connectivity index (χ3n) is 2.68. The molecule has 0 saturated heterocycles. The SMILES string of the molecule is Cc1cc2c(F)c(OCC[NH3+])c(OCC[NH3+])c(F)c2s1. The first kappa shape index (κ1) is 15.0. The molecule has 0 atom stereocenters. The topological polar surface area (TPSA) is 73.7 Å². The number of aryl methyl sites for hydroxylation is 1. The summed E-state index contributed by atoms with van der Waals surface area (Å²) in [5.74, 6) is -1.51. The van der Waals surface area contributed by atoms with E-state index in [0.717, 1.165) is 4.88 Å². The fourth-order valence-corrected chi connectivity index (χ4v) is 2.81. The van der Waals surface area contributed by atoms with E-state index < -0.39 is 11.6 Å². The van der Waals surface area contributed by atoms with Crippen molar-refractivity contribution in [3.63, 3.8) is 0 Å². The largest absolute Gasteiger partial charge is 0.481 e. The van der Waals surface area contributed by atoms with Crippen molar-refractivity contribution in [2.45, 2.75) is 6.92 Å². The van der Waals surface area contributed by atoms with Crippen LogP contribution in [0.1, 0.15) is 4.88 Å². The molecule has 0 amide bonds. The Kier molecular flexibility index (Phi) is 4.74. The second-order valence-corrected chi connectivity index (χ2v) is 5.55. The Labute approximate surface area is 119 Å². The number of rotatable bonds is 6. The quantitative estimate of drug-likeness (QED) is 0.825. The summed E-state index contributed by atoms with van der Waals surface area (Å²) in [6.07, 6.45) is 0. The summed E-state index contributed by atoms with van der Waals surface area (Å²) in [7, 11) is 0. The predicted octanol–water partition coefficient (Wildman–Crippen LogP) is 0.729. The van der Waals surface area contributed by atoms with Crippen LogP contribution in [0.5, 0.6) is 11.5 Å². The van der Waals surface area contributed by atoms with Crippen LogP contribution < -0.4 is 20.9 Å². The highest BCUT2D eigenvalue weighted by Gasteiger charge is 2.24. The summed E-state index contributed by atoms with van der Waals surface area (Å²) < 4.78 is 39.8. The molecule has 2 rings (SSSR count). The lowest BCUT2D eigenvalue weighted by Gasteiger charge is -2.13. The van der Waals surface area contributed by atoms with E-state index >= 15 is 0 Å². The molecule has 1 aromatic carbocycles. The van der Waals surface area contributed by atoms with E-state index in [1.807, 2.05) is 0 Å². The number of thiophene rings is 1. The first-order chi connectivity index (χ1) is 9.60. The predicted molar refractivity (Wildman–Crippen MR) is 73.0 cm³/mol. The number of hydrogen-bond donors (Lipinski definition) is 2. The van der Waals surface area contributed by atoms with Gasteiger partial charge in [0.15, 0.2) is 11.6 Å². The first-order valence-electron chi connectivity index (χ1n) is 6.35.